The van der Waals surface area contributed by atoms with Gasteiger partial charge in [-0.15, -0.1) is 0 Å². The second-order valence-electron chi connectivity index (χ2n) is 5.41. The molecule has 2 aromatic carbocycles. The van der Waals surface area contributed by atoms with E-state index in [-0.39, 0.29) is 12.5 Å². The van der Waals surface area contributed by atoms with Crippen LogP contribution in [-0.2, 0) is 4.79 Å². The molecule has 0 saturated heterocycles. The van der Waals surface area contributed by atoms with Gasteiger partial charge >= 0.3 is 0 Å². The van der Waals surface area contributed by atoms with Crippen LogP contribution in [-0.4, -0.2) is 40.8 Å². The average Bonchev–Trinajstić information content (AvgIpc) is 2.60. The summed E-state index contributed by atoms with van der Waals surface area (Å²) in [5.74, 6) is 1.07. The Morgan fingerprint density at radius 2 is 1.75 bits per heavy atom. The number of nitrogens with one attached hydrogen (secondary N) is 2. The molecule has 0 saturated carbocycles. The first-order valence-electron chi connectivity index (χ1n) is 7.56. The van der Waals surface area contributed by atoms with Gasteiger partial charge in [0.2, 0.25) is 5.91 Å². The highest BCUT2D eigenvalue weighted by molar-refractivity contribution is 5.95. The van der Waals surface area contributed by atoms with E-state index >= 15 is 0 Å². The number of nitrogens with zero attached hydrogens (tertiary/aromatic N) is 1. The summed E-state index contributed by atoms with van der Waals surface area (Å²) in [5, 5.41) is 5.92. The number of methoxy groups -OCH3 is 2. The van der Waals surface area contributed by atoms with Gasteiger partial charge in [0.15, 0.2) is 0 Å². The Balaban J connectivity index is 1.96. The van der Waals surface area contributed by atoms with Gasteiger partial charge in [-0.1, -0.05) is 0 Å². The number of carbonyl (C=O) groups is 1. The molecule has 0 spiro atoms. The Kier molecular flexibility index (Phi) is 5.89. The molecule has 0 atom stereocenters. The molecule has 2 aromatic rings. The summed E-state index contributed by atoms with van der Waals surface area (Å²) >= 11 is 0. The molecule has 0 aliphatic heterocycles. The van der Waals surface area contributed by atoms with Gasteiger partial charge in [-0.2, -0.15) is 0 Å². The molecule has 2 rings (SSSR count). The van der Waals surface area contributed by atoms with Gasteiger partial charge in [-0.25, -0.2) is 0 Å². The van der Waals surface area contributed by atoms with E-state index in [1.165, 1.54) is 0 Å². The molecule has 2 N–H and O–H groups in total. The van der Waals surface area contributed by atoms with Crippen LogP contribution >= 0.6 is 0 Å². The third kappa shape index (κ3) is 4.55. The van der Waals surface area contributed by atoms with Crippen LogP contribution in [0.4, 0.5) is 17.1 Å². The predicted molar refractivity (Wildman–Crippen MR) is 97.4 cm³/mol. The van der Waals surface area contributed by atoms with Gasteiger partial charge in [0.05, 0.1) is 26.5 Å². The average molecular weight is 329 g/mol. The van der Waals surface area contributed by atoms with E-state index in [0.717, 1.165) is 11.4 Å². The molecule has 0 heterocycles. The maximum absolute atomic E-state index is 12.2. The first-order valence-corrected chi connectivity index (χ1v) is 7.56. The van der Waals surface area contributed by atoms with E-state index < -0.39 is 0 Å². The summed E-state index contributed by atoms with van der Waals surface area (Å²) in [6, 6.07) is 13.1. The molecule has 6 heteroatoms. The Morgan fingerprint density at radius 3 is 2.33 bits per heavy atom. The smallest absolute Gasteiger partial charge is 0.243 e. The molecule has 0 aliphatic carbocycles. The Labute approximate surface area is 142 Å². The molecule has 128 valence electrons. The Morgan fingerprint density at radius 1 is 1.04 bits per heavy atom. The van der Waals surface area contributed by atoms with Gasteiger partial charge in [0.1, 0.15) is 11.5 Å². The van der Waals surface area contributed by atoms with Crippen molar-refractivity contribution in [1.29, 1.82) is 0 Å². The van der Waals surface area contributed by atoms with Gasteiger partial charge in [-0.3, -0.25) is 4.79 Å². The Bertz CT molecular complexity index is 684. The third-order valence-electron chi connectivity index (χ3n) is 3.52. The highest BCUT2D eigenvalue weighted by Gasteiger charge is 2.09. The summed E-state index contributed by atoms with van der Waals surface area (Å²) in [6.45, 7) is 0.154. The standard InChI is InChI=1S/C18H23N3O3/c1-21(2)14-7-5-13(6-8-14)19-12-18(22)20-16-11-15(23-3)9-10-17(16)24-4/h5-11,19H,12H2,1-4H3,(H,20,22). The first-order chi connectivity index (χ1) is 11.5. The fourth-order valence-electron chi connectivity index (χ4n) is 2.17. The highest BCUT2D eigenvalue weighted by atomic mass is 16.5. The monoisotopic (exact) mass is 329 g/mol. The minimum Gasteiger partial charge on any atom is -0.497 e. The van der Waals surface area contributed by atoms with Crippen molar-refractivity contribution in [3.05, 3.63) is 42.5 Å². The summed E-state index contributed by atoms with van der Waals surface area (Å²) in [7, 11) is 7.10. The van der Waals surface area contributed by atoms with Gasteiger partial charge in [0, 0.05) is 31.5 Å². The molecule has 0 bridgehead atoms. The Hall–Kier alpha value is -2.89. The van der Waals surface area contributed by atoms with Gasteiger partial charge in [-0.05, 0) is 36.4 Å². The van der Waals surface area contributed by atoms with E-state index in [2.05, 4.69) is 10.6 Å². The predicted octanol–water partition coefficient (Wildman–Crippen LogP) is 2.82. The van der Waals surface area contributed by atoms with Crippen molar-refractivity contribution >= 4 is 23.0 Å². The van der Waals surface area contributed by atoms with E-state index in [4.69, 9.17) is 9.47 Å². The molecule has 0 fully saturated rings. The van der Waals surface area contributed by atoms with Crippen molar-refractivity contribution in [2.75, 3.05) is 50.4 Å². The lowest BCUT2D eigenvalue weighted by Gasteiger charge is -2.14. The maximum atomic E-state index is 12.2. The molecular weight excluding hydrogens is 306 g/mol. The van der Waals surface area contributed by atoms with Crippen molar-refractivity contribution in [2.24, 2.45) is 0 Å². The zero-order valence-electron chi connectivity index (χ0n) is 14.4. The number of benzene rings is 2. The lowest BCUT2D eigenvalue weighted by Crippen LogP contribution is -2.22. The van der Waals surface area contributed by atoms with Crippen LogP contribution in [0.5, 0.6) is 11.5 Å². The van der Waals surface area contributed by atoms with Gasteiger partial charge in [0.25, 0.3) is 0 Å². The topological polar surface area (TPSA) is 62.8 Å². The van der Waals surface area contributed by atoms with Crippen molar-refractivity contribution in [1.82, 2.24) is 0 Å². The lowest BCUT2D eigenvalue weighted by atomic mass is 10.2. The van der Waals surface area contributed by atoms with Crippen LogP contribution in [0.1, 0.15) is 0 Å². The zero-order valence-corrected chi connectivity index (χ0v) is 14.4. The van der Waals surface area contributed by atoms with E-state index in [9.17, 15) is 4.79 Å². The molecule has 0 radical (unpaired) electrons. The first kappa shape index (κ1) is 17.5. The van der Waals surface area contributed by atoms with E-state index in [1.54, 1.807) is 32.4 Å². The number of amides is 1. The quantitative estimate of drug-likeness (QED) is 0.818. The number of hydrogen-bond acceptors (Lipinski definition) is 5. The molecule has 24 heavy (non-hydrogen) atoms. The summed E-state index contributed by atoms with van der Waals surface area (Å²) < 4.78 is 10.4. The summed E-state index contributed by atoms with van der Waals surface area (Å²) in [5.41, 5.74) is 2.56. The van der Waals surface area contributed by atoms with Crippen LogP contribution < -0.4 is 25.0 Å². The minimum absolute atomic E-state index is 0.154. The van der Waals surface area contributed by atoms with Crippen LogP contribution in [0.3, 0.4) is 0 Å². The minimum atomic E-state index is -0.168. The van der Waals surface area contributed by atoms with Crippen LogP contribution in [0, 0.1) is 0 Å². The normalized spacial score (nSPS) is 10.0. The van der Waals surface area contributed by atoms with E-state index in [0.29, 0.717) is 17.2 Å². The number of hydrogen-bond donors (Lipinski definition) is 2. The van der Waals surface area contributed by atoms with Crippen molar-refractivity contribution in [2.45, 2.75) is 0 Å². The van der Waals surface area contributed by atoms with Crippen molar-refractivity contribution in [3.8, 4) is 11.5 Å². The molecule has 0 aliphatic rings. The molecule has 0 unspecified atom stereocenters. The fraction of sp³-hybridized carbons (Fsp3) is 0.278. The fourth-order valence-corrected chi connectivity index (χ4v) is 2.17. The van der Waals surface area contributed by atoms with Gasteiger partial charge < -0.3 is 25.0 Å². The highest BCUT2D eigenvalue weighted by Crippen LogP contribution is 2.28. The van der Waals surface area contributed by atoms with Crippen LogP contribution in [0.25, 0.3) is 0 Å². The van der Waals surface area contributed by atoms with E-state index in [1.807, 2.05) is 43.3 Å². The third-order valence-corrected chi connectivity index (χ3v) is 3.52. The second-order valence-corrected chi connectivity index (χ2v) is 5.41. The van der Waals surface area contributed by atoms with Crippen LogP contribution in [0.15, 0.2) is 42.5 Å². The number of rotatable bonds is 7. The molecule has 1 amide bonds. The number of ether oxygens (including phenoxy) is 2. The molecule has 0 aromatic heterocycles. The molecule has 6 nitrogen and oxygen atoms in total. The number of carbonyl (C=O) groups excluding carboxylic acids is 1. The maximum Gasteiger partial charge on any atom is 0.243 e. The lowest BCUT2D eigenvalue weighted by molar-refractivity contribution is -0.114. The molecular formula is C18H23N3O3. The zero-order chi connectivity index (χ0) is 17.5. The summed E-state index contributed by atoms with van der Waals surface area (Å²) in [4.78, 5) is 14.2. The van der Waals surface area contributed by atoms with Crippen molar-refractivity contribution < 1.29 is 14.3 Å². The SMILES string of the molecule is COc1ccc(OC)c(NC(=O)CNc2ccc(N(C)C)cc2)c1. The number of anilines is 3. The largest absolute Gasteiger partial charge is 0.497 e. The summed E-state index contributed by atoms with van der Waals surface area (Å²) in [6.07, 6.45) is 0. The van der Waals surface area contributed by atoms with Crippen molar-refractivity contribution in [3.63, 3.8) is 0 Å². The second kappa shape index (κ2) is 8.10. The van der Waals surface area contributed by atoms with Crippen LogP contribution in [0.2, 0.25) is 0 Å².